The van der Waals surface area contributed by atoms with Crippen molar-refractivity contribution in [2.24, 2.45) is 5.92 Å². The van der Waals surface area contributed by atoms with Crippen LogP contribution in [0.3, 0.4) is 0 Å². The van der Waals surface area contributed by atoms with Crippen molar-refractivity contribution in [3.63, 3.8) is 0 Å². The van der Waals surface area contributed by atoms with Crippen molar-refractivity contribution in [3.05, 3.63) is 48.7 Å². The molecule has 1 atom stereocenters. The van der Waals surface area contributed by atoms with Gasteiger partial charge in [0.1, 0.15) is 11.4 Å². The summed E-state index contributed by atoms with van der Waals surface area (Å²) < 4.78 is 5.51. The third-order valence-corrected chi connectivity index (χ3v) is 4.35. The van der Waals surface area contributed by atoms with Crippen molar-refractivity contribution in [3.8, 4) is 11.1 Å². The zero-order valence-corrected chi connectivity index (χ0v) is 13.1. The van der Waals surface area contributed by atoms with E-state index in [1.165, 1.54) is 0 Å². The largest absolute Gasteiger partial charge is 0.443 e. The van der Waals surface area contributed by atoms with Gasteiger partial charge in [0.15, 0.2) is 0 Å². The van der Waals surface area contributed by atoms with E-state index in [2.05, 4.69) is 11.9 Å². The predicted molar refractivity (Wildman–Crippen MR) is 86.7 cm³/mol. The molecule has 1 amide bonds. The minimum absolute atomic E-state index is 0.237. The lowest BCUT2D eigenvalue weighted by Gasteiger charge is -2.41. The molecule has 0 spiro atoms. The minimum Gasteiger partial charge on any atom is -0.443 e. The van der Waals surface area contributed by atoms with E-state index in [4.69, 9.17) is 4.74 Å². The number of carbonyl (C=O) groups is 1. The molecule has 1 aromatic heterocycles. The summed E-state index contributed by atoms with van der Waals surface area (Å²) in [5.74, 6) is 0.868. The SMILES string of the molecule is CC1CN(c2ccc(-c3ccccc3)cn2)C(=O)OC1(C)C. The van der Waals surface area contributed by atoms with Gasteiger partial charge in [0.2, 0.25) is 0 Å². The second kappa shape index (κ2) is 5.44. The van der Waals surface area contributed by atoms with Gasteiger partial charge >= 0.3 is 6.09 Å². The minimum atomic E-state index is -0.433. The predicted octanol–water partition coefficient (Wildman–Crippen LogP) is 4.12. The van der Waals surface area contributed by atoms with Crippen molar-refractivity contribution < 1.29 is 9.53 Å². The van der Waals surface area contributed by atoms with Crippen LogP contribution in [0.1, 0.15) is 20.8 Å². The summed E-state index contributed by atoms with van der Waals surface area (Å²) in [5.41, 5.74) is 1.71. The first-order chi connectivity index (χ1) is 10.5. The average molecular weight is 296 g/mol. The van der Waals surface area contributed by atoms with Gasteiger partial charge in [-0.3, -0.25) is 4.90 Å². The number of amides is 1. The Morgan fingerprint density at radius 2 is 1.86 bits per heavy atom. The Morgan fingerprint density at radius 3 is 2.50 bits per heavy atom. The number of ether oxygens (including phenoxy) is 1. The van der Waals surface area contributed by atoms with E-state index in [-0.39, 0.29) is 12.0 Å². The van der Waals surface area contributed by atoms with Crippen LogP contribution in [0.5, 0.6) is 0 Å². The third-order valence-electron chi connectivity index (χ3n) is 4.35. The number of hydrogen-bond donors (Lipinski definition) is 0. The van der Waals surface area contributed by atoms with E-state index in [0.29, 0.717) is 12.4 Å². The molecule has 2 aromatic rings. The van der Waals surface area contributed by atoms with Gasteiger partial charge in [-0.25, -0.2) is 9.78 Å². The standard InChI is InChI=1S/C18H20N2O2/c1-13-12-20(17(21)22-18(13,2)3)16-10-9-15(11-19-16)14-7-5-4-6-8-14/h4-11,13H,12H2,1-3H3. The Hall–Kier alpha value is -2.36. The molecule has 4 nitrogen and oxygen atoms in total. The molecule has 22 heavy (non-hydrogen) atoms. The molecule has 0 radical (unpaired) electrons. The van der Waals surface area contributed by atoms with Crippen molar-refractivity contribution in [2.75, 3.05) is 11.4 Å². The van der Waals surface area contributed by atoms with Gasteiger partial charge < -0.3 is 4.74 Å². The molecule has 1 aliphatic heterocycles. The van der Waals surface area contributed by atoms with Gasteiger partial charge in [-0.15, -0.1) is 0 Å². The number of aromatic nitrogens is 1. The maximum absolute atomic E-state index is 12.2. The van der Waals surface area contributed by atoms with Crippen molar-refractivity contribution in [1.82, 2.24) is 4.98 Å². The molecule has 0 aliphatic carbocycles. The Labute approximate surface area is 130 Å². The topological polar surface area (TPSA) is 42.4 Å². The molecule has 3 rings (SSSR count). The number of rotatable bonds is 2. The van der Waals surface area contributed by atoms with Gasteiger partial charge in [-0.05, 0) is 31.5 Å². The van der Waals surface area contributed by atoms with E-state index in [0.717, 1.165) is 11.1 Å². The van der Waals surface area contributed by atoms with Crippen LogP contribution in [0.25, 0.3) is 11.1 Å². The lowest BCUT2D eigenvalue weighted by atomic mass is 9.91. The second-order valence-corrected chi connectivity index (χ2v) is 6.25. The third kappa shape index (κ3) is 2.69. The van der Waals surface area contributed by atoms with Crippen molar-refractivity contribution in [1.29, 1.82) is 0 Å². The number of cyclic esters (lactones) is 1. The molecule has 1 fully saturated rings. The number of nitrogens with zero attached hydrogens (tertiary/aromatic N) is 2. The van der Waals surface area contributed by atoms with Crippen molar-refractivity contribution >= 4 is 11.9 Å². The quantitative estimate of drug-likeness (QED) is 0.837. The number of benzene rings is 1. The number of pyridine rings is 1. The Kier molecular flexibility index (Phi) is 3.61. The van der Waals surface area contributed by atoms with E-state index in [1.54, 1.807) is 11.1 Å². The monoisotopic (exact) mass is 296 g/mol. The van der Waals surface area contributed by atoms with Gasteiger partial charge in [0, 0.05) is 24.2 Å². The smallest absolute Gasteiger partial charge is 0.416 e. The summed E-state index contributed by atoms with van der Waals surface area (Å²) in [4.78, 5) is 18.2. The van der Waals surface area contributed by atoms with Crippen LogP contribution in [-0.4, -0.2) is 23.2 Å². The zero-order chi connectivity index (χ0) is 15.7. The highest BCUT2D eigenvalue weighted by Crippen LogP contribution is 2.31. The first-order valence-corrected chi connectivity index (χ1v) is 7.49. The molecule has 1 saturated heterocycles. The normalized spacial score (nSPS) is 20.6. The number of carbonyl (C=O) groups excluding carboxylic acids is 1. The summed E-state index contributed by atoms with van der Waals surface area (Å²) in [6, 6.07) is 13.9. The van der Waals surface area contributed by atoms with Gasteiger partial charge in [-0.1, -0.05) is 37.3 Å². The molecule has 0 bridgehead atoms. The fourth-order valence-corrected chi connectivity index (χ4v) is 2.48. The summed E-state index contributed by atoms with van der Waals surface area (Å²) in [6.07, 6.45) is 1.46. The summed E-state index contributed by atoms with van der Waals surface area (Å²) in [7, 11) is 0. The number of hydrogen-bond acceptors (Lipinski definition) is 3. The molecule has 2 heterocycles. The molecule has 0 saturated carbocycles. The molecular weight excluding hydrogens is 276 g/mol. The Balaban J connectivity index is 1.83. The van der Waals surface area contributed by atoms with Crippen LogP contribution in [0.15, 0.2) is 48.7 Å². The first kappa shape index (κ1) is 14.6. The van der Waals surface area contributed by atoms with Crippen LogP contribution < -0.4 is 4.90 Å². The maximum Gasteiger partial charge on any atom is 0.416 e. The van der Waals surface area contributed by atoms with E-state index in [1.807, 2.05) is 56.3 Å². The average Bonchev–Trinajstić information content (AvgIpc) is 2.52. The highest BCUT2D eigenvalue weighted by atomic mass is 16.6. The fourth-order valence-electron chi connectivity index (χ4n) is 2.48. The van der Waals surface area contributed by atoms with Gasteiger partial charge in [-0.2, -0.15) is 0 Å². The summed E-state index contributed by atoms with van der Waals surface area (Å²) in [5, 5.41) is 0. The summed E-state index contributed by atoms with van der Waals surface area (Å²) >= 11 is 0. The van der Waals surface area contributed by atoms with Crippen LogP contribution in [0.2, 0.25) is 0 Å². The van der Waals surface area contributed by atoms with E-state index in [9.17, 15) is 4.79 Å². The maximum atomic E-state index is 12.2. The highest BCUT2D eigenvalue weighted by molar-refractivity contribution is 5.87. The molecule has 1 aliphatic rings. The molecule has 1 aromatic carbocycles. The lowest BCUT2D eigenvalue weighted by molar-refractivity contribution is -0.0125. The highest BCUT2D eigenvalue weighted by Gasteiger charge is 2.39. The number of anilines is 1. The Morgan fingerprint density at radius 1 is 1.14 bits per heavy atom. The van der Waals surface area contributed by atoms with Crippen LogP contribution in [-0.2, 0) is 4.74 Å². The van der Waals surface area contributed by atoms with Crippen molar-refractivity contribution in [2.45, 2.75) is 26.4 Å². The molecule has 1 unspecified atom stereocenters. The molecular formula is C18H20N2O2. The summed E-state index contributed by atoms with van der Waals surface area (Å²) in [6.45, 7) is 6.58. The molecule has 4 heteroatoms. The van der Waals surface area contributed by atoms with Gasteiger partial charge in [0.25, 0.3) is 0 Å². The second-order valence-electron chi connectivity index (χ2n) is 6.25. The lowest BCUT2D eigenvalue weighted by Crippen LogP contribution is -2.52. The van der Waals surface area contributed by atoms with Crippen LogP contribution >= 0.6 is 0 Å². The van der Waals surface area contributed by atoms with E-state index >= 15 is 0 Å². The fraction of sp³-hybridized carbons (Fsp3) is 0.333. The zero-order valence-electron chi connectivity index (χ0n) is 13.1. The first-order valence-electron chi connectivity index (χ1n) is 7.49. The molecule has 114 valence electrons. The van der Waals surface area contributed by atoms with Crippen LogP contribution in [0, 0.1) is 5.92 Å². The van der Waals surface area contributed by atoms with Crippen LogP contribution in [0.4, 0.5) is 10.6 Å². The molecule has 0 N–H and O–H groups in total. The van der Waals surface area contributed by atoms with E-state index < -0.39 is 5.60 Å². The Bertz CT molecular complexity index is 665. The van der Waals surface area contributed by atoms with Gasteiger partial charge in [0.05, 0.1) is 0 Å².